The predicted octanol–water partition coefficient (Wildman–Crippen LogP) is 1.67. The SMILES string of the molecule is C=C(C)[C@@H](C(=O)N(C)S(C)(=O)=O)[C@H](O)/C=C/c1ccccc1. The van der Waals surface area contributed by atoms with E-state index in [1.165, 1.54) is 13.1 Å². The maximum absolute atomic E-state index is 12.3. The molecule has 1 aromatic carbocycles. The maximum Gasteiger partial charge on any atom is 0.245 e. The molecule has 0 aliphatic carbocycles. The Morgan fingerprint density at radius 3 is 2.32 bits per heavy atom. The summed E-state index contributed by atoms with van der Waals surface area (Å²) in [5.74, 6) is -1.72. The zero-order valence-electron chi connectivity index (χ0n) is 12.9. The third-order valence-corrected chi connectivity index (χ3v) is 4.41. The molecule has 0 aliphatic rings. The van der Waals surface area contributed by atoms with Crippen LogP contribution in [-0.4, -0.2) is 43.1 Å². The highest BCUT2D eigenvalue weighted by Crippen LogP contribution is 2.19. The topological polar surface area (TPSA) is 74.7 Å². The molecule has 0 heterocycles. The number of benzene rings is 1. The van der Waals surface area contributed by atoms with Crippen molar-refractivity contribution in [3.63, 3.8) is 0 Å². The standard InChI is InChI=1S/C16H21NO4S/c1-12(2)15(16(19)17(3)22(4,20)21)14(18)11-10-13-8-6-5-7-9-13/h5-11,14-15,18H,1H2,2-4H3/b11-10+/t14-,15-/m1/s1. The zero-order chi connectivity index (χ0) is 16.9. The fourth-order valence-corrected chi connectivity index (χ4v) is 2.33. The average molecular weight is 323 g/mol. The van der Waals surface area contributed by atoms with E-state index in [0.717, 1.165) is 11.8 Å². The Kier molecular flexibility index (Phi) is 6.08. The quantitative estimate of drug-likeness (QED) is 0.808. The summed E-state index contributed by atoms with van der Waals surface area (Å²) >= 11 is 0. The van der Waals surface area contributed by atoms with Crippen molar-refractivity contribution in [2.24, 2.45) is 5.92 Å². The molecule has 6 heteroatoms. The van der Waals surface area contributed by atoms with Crippen LogP contribution in [0.5, 0.6) is 0 Å². The van der Waals surface area contributed by atoms with Crippen molar-refractivity contribution in [2.45, 2.75) is 13.0 Å². The Hall–Kier alpha value is -1.92. The first-order valence-electron chi connectivity index (χ1n) is 6.69. The minimum Gasteiger partial charge on any atom is -0.388 e. The Morgan fingerprint density at radius 2 is 1.86 bits per heavy atom. The second-order valence-corrected chi connectivity index (χ2v) is 7.17. The zero-order valence-corrected chi connectivity index (χ0v) is 13.7. The fourth-order valence-electron chi connectivity index (χ4n) is 1.89. The molecule has 0 unspecified atom stereocenters. The van der Waals surface area contributed by atoms with Crippen LogP contribution in [-0.2, 0) is 14.8 Å². The van der Waals surface area contributed by atoms with Crippen LogP contribution in [0.1, 0.15) is 12.5 Å². The molecule has 1 amide bonds. The number of amides is 1. The van der Waals surface area contributed by atoms with E-state index in [9.17, 15) is 18.3 Å². The number of rotatable bonds is 6. The van der Waals surface area contributed by atoms with E-state index >= 15 is 0 Å². The van der Waals surface area contributed by atoms with E-state index in [2.05, 4.69) is 6.58 Å². The summed E-state index contributed by atoms with van der Waals surface area (Å²) in [7, 11) is -2.51. The molecule has 0 bridgehead atoms. The monoisotopic (exact) mass is 323 g/mol. The van der Waals surface area contributed by atoms with Gasteiger partial charge in [-0.25, -0.2) is 12.7 Å². The summed E-state index contributed by atoms with van der Waals surface area (Å²) < 4.78 is 23.6. The van der Waals surface area contributed by atoms with E-state index < -0.39 is 28.0 Å². The van der Waals surface area contributed by atoms with Crippen LogP contribution in [0.25, 0.3) is 6.08 Å². The Balaban J connectivity index is 2.98. The van der Waals surface area contributed by atoms with E-state index in [-0.39, 0.29) is 0 Å². The summed E-state index contributed by atoms with van der Waals surface area (Å²) in [4.78, 5) is 12.3. The molecular formula is C16H21NO4S. The highest BCUT2D eigenvalue weighted by Gasteiger charge is 2.32. The van der Waals surface area contributed by atoms with E-state index in [4.69, 9.17) is 0 Å². The molecule has 0 radical (unpaired) electrons. The Labute approximate surface area is 131 Å². The van der Waals surface area contributed by atoms with Gasteiger partial charge in [0.1, 0.15) is 0 Å². The van der Waals surface area contributed by atoms with Crippen molar-refractivity contribution in [3.05, 3.63) is 54.1 Å². The number of nitrogens with zero attached hydrogens (tertiary/aromatic N) is 1. The number of aliphatic hydroxyl groups excluding tert-OH is 1. The normalized spacial score (nSPS) is 14.5. The van der Waals surface area contributed by atoms with Crippen LogP contribution < -0.4 is 0 Å². The van der Waals surface area contributed by atoms with Crippen LogP contribution in [0.4, 0.5) is 0 Å². The van der Waals surface area contributed by atoms with Crippen LogP contribution >= 0.6 is 0 Å². The number of carbonyl (C=O) groups is 1. The molecule has 0 saturated carbocycles. The molecular weight excluding hydrogens is 302 g/mol. The maximum atomic E-state index is 12.3. The lowest BCUT2D eigenvalue weighted by atomic mass is 9.93. The van der Waals surface area contributed by atoms with Gasteiger partial charge in [0.05, 0.1) is 18.3 Å². The largest absolute Gasteiger partial charge is 0.388 e. The van der Waals surface area contributed by atoms with Gasteiger partial charge in [0, 0.05) is 7.05 Å². The number of hydrogen-bond donors (Lipinski definition) is 1. The minimum atomic E-state index is -3.67. The molecule has 120 valence electrons. The van der Waals surface area contributed by atoms with Gasteiger partial charge in [-0.15, -0.1) is 0 Å². The van der Waals surface area contributed by atoms with Gasteiger partial charge in [0.25, 0.3) is 0 Å². The first-order valence-corrected chi connectivity index (χ1v) is 8.54. The molecule has 1 rings (SSSR count). The van der Waals surface area contributed by atoms with Gasteiger partial charge in [-0.3, -0.25) is 4.79 Å². The van der Waals surface area contributed by atoms with Crippen LogP contribution in [0.15, 0.2) is 48.6 Å². The van der Waals surface area contributed by atoms with Gasteiger partial charge in [-0.05, 0) is 12.5 Å². The average Bonchev–Trinajstić information content (AvgIpc) is 2.44. The lowest BCUT2D eigenvalue weighted by Gasteiger charge is -2.24. The summed E-state index contributed by atoms with van der Waals surface area (Å²) in [6.45, 7) is 5.26. The molecule has 0 saturated heterocycles. The van der Waals surface area contributed by atoms with Gasteiger partial charge in [0.2, 0.25) is 15.9 Å². The number of hydrogen-bond acceptors (Lipinski definition) is 4. The fraction of sp³-hybridized carbons (Fsp3) is 0.312. The van der Waals surface area contributed by atoms with Gasteiger partial charge < -0.3 is 5.11 Å². The van der Waals surface area contributed by atoms with Gasteiger partial charge in [-0.1, -0.05) is 54.6 Å². The molecule has 22 heavy (non-hydrogen) atoms. The molecule has 1 aromatic rings. The molecule has 2 atom stereocenters. The lowest BCUT2D eigenvalue weighted by molar-refractivity contribution is -0.130. The summed E-state index contributed by atoms with van der Waals surface area (Å²) in [5, 5.41) is 10.2. The molecule has 0 fully saturated rings. The molecule has 0 aromatic heterocycles. The molecule has 5 nitrogen and oxygen atoms in total. The summed E-state index contributed by atoms with van der Waals surface area (Å²) in [6.07, 6.45) is 2.92. The van der Waals surface area contributed by atoms with E-state index in [0.29, 0.717) is 9.88 Å². The summed E-state index contributed by atoms with van der Waals surface area (Å²) in [5.41, 5.74) is 1.26. The van der Waals surface area contributed by atoms with Crippen LogP contribution in [0.3, 0.4) is 0 Å². The first kappa shape index (κ1) is 18.1. The van der Waals surface area contributed by atoms with Crippen LogP contribution in [0, 0.1) is 5.92 Å². The van der Waals surface area contributed by atoms with Crippen molar-refractivity contribution < 1.29 is 18.3 Å². The van der Waals surface area contributed by atoms with Gasteiger partial charge in [-0.2, -0.15) is 0 Å². The van der Waals surface area contributed by atoms with E-state index in [1.54, 1.807) is 13.0 Å². The Bertz CT molecular complexity index is 665. The minimum absolute atomic E-state index is 0.394. The highest BCUT2D eigenvalue weighted by atomic mass is 32.2. The molecule has 0 aliphatic heterocycles. The predicted molar refractivity (Wildman–Crippen MR) is 87.4 cm³/mol. The lowest BCUT2D eigenvalue weighted by Crippen LogP contribution is -2.41. The van der Waals surface area contributed by atoms with Crippen molar-refractivity contribution >= 4 is 22.0 Å². The van der Waals surface area contributed by atoms with Crippen molar-refractivity contribution in [1.29, 1.82) is 0 Å². The molecule has 0 spiro atoms. The Morgan fingerprint density at radius 1 is 1.32 bits per heavy atom. The first-order chi connectivity index (χ1) is 10.1. The van der Waals surface area contributed by atoms with Gasteiger partial charge in [0.15, 0.2) is 0 Å². The second-order valence-electron chi connectivity index (χ2n) is 5.15. The van der Waals surface area contributed by atoms with Crippen molar-refractivity contribution in [1.82, 2.24) is 4.31 Å². The van der Waals surface area contributed by atoms with Crippen molar-refractivity contribution in [3.8, 4) is 0 Å². The van der Waals surface area contributed by atoms with Crippen molar-refractivity contribution in [2.75, 3.05) is 13.3 Å². The third-order valence-electron chi connectivity index (χ3n) is 3.23. The van der Waals surface area contributed by atoms with Crippen LogP contribution in [0.2, 0.25) is 0 Å². The number of sulfonamides is 1. The summed E-state index contributed by atoms with van der Waals surface area (Å²) in [6, 6.07) is 9.28. The number of aliphatic hydroxyl groups is 1. The van der Waals surface area contributed by atoms with E-state index in [1.807, 2.05) is 30.3 Å². The smallest absolute Gasteiger partial charge is 0.245 e. The third kappa shape index (κ3) is 4.82. The molecule has 1 N–H and O–H groups in total. The number of carbonyl (C=O) groups excluding carboxylic acids is 1. The highest BCUT2D eigenvalue weighted by molar-refractivity contribution is 7.88. The second kappa shape index (κ2) is 7.38. The van der Waals surface area contributed by atoms with Gasteiger partial charge >= 0.3 is 0 Å².